The van der Waals surface area contributed by atoms with E-state index in [9.17, 15) is 5.11 Å². The second-order valence-corrected chi connectivity index (χ2v) is 13.0. The van der Waals surface area contributed by atoms with E-state index in [-0.39, 0.29) is 5.60 Å². The van der Waals surface area contributed by atoms with Gasteiger partial charge in [0.1, 0.15) is 17.1 Å². The van der Waals surface area contributed by atoms with E-state index in [1.807, 2.05) is 13.8 Å². The van der Waals surface area contributed by atoms with E-state index >= 15 is 0 Å². The van der Waals surface area contributed by atoms with E-state index < -0.39 is 7.82 Å². The normalized spacial score (nSPS) is 19.2. The number of ether oxygens (including phenoxy) is 1. The molecule has 0 aliphatic carbocycles. The van der Waals surface area contributed by atoms with E-state index in [4.69, 9.17) is 24.0 Å². The standard InChI is InChI=1S/C29H50O2.H3O4P/c1-20(2)12-9-13-21(3)14-10-15-22(4)16-11-18-29(8)19-17-26-25(7)27(30)23(5)24(6)28(26)31-29;1-5(2,3)4/h20-22,30H,9-19H2,1-8H3;(H3,1,2,3,4)/t21-,22-,29-;/m1./s1. The average Bonchev–Trinajstić information content (AvgIpc) is 2.74. The summed E-state index contributed by atoms with van der Waals surface area (Å²) >= 11 is 0. The lowest BCUT2D eigenvalue weighted by atomic mass is 9.84. The maximum Gasteiger partial charge on any atom is 0.466 e. The van der Waals surface area contributed by atoms with Gasteiger partial charge < -0.3 is 24.5 Å². The minimum Gasteiger partial charge on any atom is -0.507 e. The molecule has 210 valence electrons. The monoisotopic (exact) mass is 528 g/mol. The van der Waals surface area contributed by atoms with Gasteiger partial charge in [0.25, 0.3) is 0 Å². The lowest BCUT2D eigenvalue weighted by molar-refractivity contribution is 0.0511. The second-order valence-electron chi connectivity index (χ2n) is 12.0. The molecule has 0 fully saturated rings. The third-order valence-electron chi connectivity index (χ3n) is 7.87. The molecule has 0 saturated carbocycles. The zero-order valence-electron chi connectivity index (χ0n) is 24.1. The molecule has 0 saturated heterocycles. The van der Waals surface area contributed by atoms with Crippen LogP contribution in [0.4, 0.5) is 0 Å². The van der Waals surface area contributed by atoms with Gasteiger partial charge in [0, 0.05) is 5.56 Å². The van der Waals surface area contributed by atoms with Crippen LogP contribution < -0.4 is 4.74 Å². The number of phosphoric acid groups is 1. The molecule has 0 radical (unpaired) electrons. The number of hydrogen-bond donors (Lipinski definition) is 4. The Labute approximate surface area is 220 Å². The van der Waals surface area contributed by atoms with Gasteiger partial charge in [-0.1, -0.05) is 72.6 Å². The Bertz CT molecular complexity index is 854. The molecule has 0 aromatic heterocycles. The predicted octanol–water partition coefficient (Wildman–Crippen LogP) is 7.91. The van der Waals surface area contributed by atoms with Crippen LogP contribution in [0.3, 0.4) is 0 Å². The summed E-state index contributed by atoms with van der Waals surface area (Å²) in [6.45, 7) is 17.9. The second kappa shape index (κ2) is 14.8. The number of fused-ring (bicyclic) bond motifs is 1. The summed E-state index contributed by atoms with van der Waals surface area (Å²) in [6, 6.07) is 0. The Hall–Kier alpha value is -1.07. The molecule has 3 atom stereocenters. The van der Waals surface area contributed by atoms with Crippen molar-refractivity contribution in [3.05, 3.63) is 22.3 Å². The Morgan fingerprint density at radius 3 is 1.81 bits per heavy atom. The summed E-state index contributed by atoms with van der Waals surface area (Å²) in [5.74, 6) is 4.04. The molecule has 0 amide bonds. The Kier molecular flexibility index (Phi) is 13.5. The molecule has 1 aromatic rings. The van der Waals surface area contributed by atoms with E-state index in [1.165, 1.54) is 56.9 Å². The fourth-order valence-electron chi connectivity index (χ4n) is 5.27. The first kappa shape index (κ1) is 33.0. The maximum atomic E-state index is 10.4. The fourth-order valence-corrected chi connectivity index (χ4v) is 5.27. The van der Waals surface area contributed by atoms with E-state index in [0.717, 1.165) is 59.5 Å². The van der Waals surface area contributed by atoms with Crippen molar-refractivity contribution in [2.45, 2.75) is 132 Å². The highest BCUT2D eigenvalue weighted by atomic mass is 31.2. The summed E-state index contributed by atoms with van der Waals surface area (Å²) in [6.07, 6.45) is 14.1. The van der Waals surface area contributed by atoms with Crippen LogP contribution in [0.15, 0.2) is 0 Å². The van der Waals surface area contributed by atoms with Crippen molar-refractivity contribution in [1.82, 2.24) is 0 Å². The molecule has 0 unspecified atom stereocenters. The summed E-state index contributed by atoms with van der Waals surface area (Å²) in [5, 5.41) is 10.4. The Morgan fingerprint density at radius 2 is 1.31 bits per heavy atom. The minimum atomic E-state index is -4.64. The first-order valence-electron chi connectivity index (χ1n) is 13.8. The van der Waals surface area contributed by atoms with Crippen LogP contribution in [0.5, 0.6) is 11.5 Å². The van der Waals surface area contributed by atoms with Crippen molar-refractivity contribution in [3.63, 3.8) is 0 Å². The van der Waals surface area contributed by atoms with Gasteiger partial charge in [0.2, 0.25) is 0 Å². The smallest absolute Gasteiger partial charge is 0.466 e. The van der Waals surface area contributed by atoms with Crippen molar-refractivity contribution < 1.29 is 29.1 Å². The van der Waals surface area contributed by atoms with Gasteiger partial charge in [0.05, 0.1) is 0 Å². The highest BCUT2D eigenvalue weighted by Crippen LogP contribution is 2.44. The van der Waals surface area contributed by atoms with Crippen LogP contribution in [0, 0.1) is 38.5 Å². The molecule has 6 nitrogen and oxygen atoms in total. The third kappa shape index (κ3) is 12.0. The molecule has 4 N–H and O–H groups in total. The molecule has 0 bridgehead atoms. The molecule has 0 spiro atoms. The average molecular weight is 529 g/mol. The van der Waals surface area contributed by atoms with Crippen LogP contribution in [0.2, 0.25) is 0 Å². The van der Waals surface area contributed by atoms with Gasteiger partial charge >= 0.3 is 7.82 Å². The van der Waals surface area contributed by atoms with Gasteiger partial charge in [-0.3, -0.25) is 0 Å². The van der Waals surface area contributed by atoms with Crippen molar-refractivity contribution in [2.75, 3.05) is 0 Å². The Balaban J connectivity index is 0.00000118. The molecule has 1 aliphatic rings. The van der Waals surface area contributed by atoms with Crippen LogP contribution in [-0.2, 0) is 11.0 Å². The van der Waals surface area contributed by atoms with Crippen molar-refractivity contribution in [3.8, 4) is 11.5 Å². The van der Waals surface area contributed by atoms with Crippen LogP contribution in [0.25, 0.3) is 0 Å². The molecule has 2 rings (SSSR count). The van der Waals surface area contributed by atoms with E-state index in [1.54, 1.807) is 0 Å². The fraction of sp³-hybridized carbons (Fsp3) is 0.793. The van der Waals surface area contributed by atoms with Gasteiger partial charge in [-0.05, 0) is 87.8 Å². The number of phenols is 1. The maximum absolute atomic E-state index is 10.4. The largest absolute Gasteiger partial charge is 0.507 e. The van der Waals surface area contributed by atoms with E-state index in [2.05, 4.69) is 41.5 Å². The van der Waals surface area contributed by atoms with Crippen LogP contribution in [-0.4, -0.2) is 25.4 Å². The molecular formula is C29H53O6P. The zero-order valence-corrected chi connectivity index (χ0v) is 25.0. The summed E-state index contributed by atoms with van der Waals surface area (Å²) in [5.41, 5.74) is 4.23. The SMILES string of the molecule is Cc1c(C)c2c(c(C)c1O)CC[C@@](C)(CCC[C@H](C)CCC[C@H](C)CCCC(C)C)O2.O=P(O)(O)O. The Morgan fingerprint density at radius 1 is 0.833 bits per heavy atom. The summed E-state index contributed by atoms with van der Waals surface area (Å²) in [4.78, 5) is 21.6. The topological polar surface area (TPSA) is 107 Å². The molecule has 36 heavy (non-hydrogen) atoms. The number of aromatic hydroxyl groups is 1. The number of hydrogen-bond acceptors (Lipinski definition) is 3. The lowest BCUT2D eigenvalue weighted by Gasteiger charge is -2.38. The molecule has 7 heteroatoms. The number of benzene rings is 1. The molecule has 1 aliphatic heterocycles. The minimum absolute atomic E-state index is 0.0712. The van der Waals surface area contributed by atoms with Crippen LogP contribution in [0.1, 0.15) is 121 Å². The number of rotatable bonds is 12. The lowest BCUT2D eigenvalue weighted by Crippen LogP contribution is -2.37. The first-order valence-corrected chi connectivity index (χ1v) is 15.4. The highest BCUT2D eigenvalue weighted by Gasteiger charge is 2.34. The first-order chi connectivity index (χ1) is 16.5. The van der Waals surface area contributed by atoms with Gasteiger partial charge in [-0.2, -0.15) is 0 Å². The van der Waals surface area contributed by atoms with Gasteiger partial charge in [-0.15, -0.1) is 0 Å². The third-order valence-corrected chi connectivity index (χ3v) is 7.87. The van der Waals surface area contributed by atoms with E-state index in [0.29, 0.717) is 5.75 Å². The van der Waals surface area contributed by atoms with Crippen molar-refractivity contribution in [1.29, 1.82) is 0 Å². The van der Waals surface area contributed by atoms with Crippen LogP contribution >= 0.6 is 7.82 Å². The van der Waals surface area contributed by atoms with Crippen molar-refractivity contribution in [2.24, 2.45) is 17.8 Å². The van der Waals surface area contributed by atoms with Gasteiger partial charge in [-0.25, -0.2) is 4.57 Å². The van der Waals surface area contributed by atoms with Crippen molar-refractivity contribution >= 4 is 7.82 Å². The quantitative estimate of drug-likeness (QED) is 0.205. The zero-order chi connectivity index (χ0) is 27.7. The van der Waals surface area contributed by atoms with Gasteiger partial charge in [0.15, 0.2) is 0 Å². The highest BCUT2D eigenvalue weighted by molar-refractivity contribution is 7.45. The predicted molar refractivity (Wildman–Crippen MR) is 149 cm³/mol. The molecular weight excluding hydrogens is 475 g/mol. The molecule has 1 heterocycles. The molecule has 1 aromatic carbocycles. The summed E-state index contributed by atoms with van der Waals surface area (Å²) < 4.78 is 15.5. The number of phenolic OH excluding ortho intramolecular Hbond substituents is 1. The summed E-state index contributed by atoms with van der Waals surface area (Å²) in [7, 11) is -4.64.